The molecule has 2 fully saturated rings. The number of halogens is 2. The summed E-state index contributed by atoms with van der Waals surface area (Å²) in [4.78, 5) is 10.6. The van der Waals surface area contributed by atoms with Crippen LogP contribution in [0.2, 0.25) is 0 Å². The summed E-state index contributed by atoms with van der Waals surface area (Å²) in [7, 11) is 0. The van der Waals surface area contributed by atoms with Crippen LogP contribution in [-0.2, 0) is 22.6 Å². The second-order valence-electron chi connectivity index (χ2n) is 8.40. The van der Waals surface area contributed by atoms with Gasteiger partial charge < -0.3 is 20.5 Å². The van der Waals surface area contributed by atoms with Gasteiger partial charge in [0.2, 0.25) is 5.95 Å². The van der Waals surface area contributed by atoms with Gasteiger partial charge in [-0.25, -0.2) is 9.97 Å². The standard InChI is InChI=1S/C21H24F2N4O2/c1-12-16(28)10-27(12)19-25-17(15-6-7-21(22,23)18(15)26-19)13-2-4-14(5-3-13)20(24)8-9-29-11-20/h2-5,12,16,28H,6-11,24H2,1H3/t12-,16+,20?/m0/s1. The number of aliphatic hydroxyl groups is 1. The molecule has 3 aliphatic rings. The highest BCUT2D eigenvalue weighted by molar-refractivity contribution is 5.68. The lowest BCUT2D eigenvalue weighted by molar-refractivity contribution is -0.00603. The first kappa shape index (κ1) is 18.8. The monoisotopic (exact) mass is 402 g/mol. The highest BCUT2D eigenvalue weighted by atomic mass is 19.3. The van der Waals surface area contributed by atoms with E-state index in [4.69, 9.17) is 10.5 Å². The molecule has 0 bridgehead atoms. The van der Waals surface area contributed by atoms with Gasteiger partial charge in [0, 0.05) is 30.7 Å². The SMILES string of the molecule is C[C@H]1[C@H](O)CN1c1nc(-c2ccc(C3(N)CCOC3)cc2)c2c(n1)C(F)(F)CC2. The molecule has 0 saturated carbocycles. The number of hydrogen-bond donors (Lipinski definition) is 2. The first-order valence-electron chi connectivity index (χ1n) is 10.00. The van der Waals surface area contributed by atoms with Crippen molar-refractivity contribution >= 4 is 5.95 Å². The van der Waals surface area contributed by atoms with Crippen LogP contribution in [0, 0.1) is 0 Å². The fraction of sp³-hybridized carbons (Fsp3) is 0.524. The van der Waals surface area contributed by atoms with Crippen LogP contribution >= 0.6 is 0 Å². The lowest BCUT2D eigenvalue weighted by Crippen LogP contribution is -2.59. The van der Waals surface area contributed by atoms with Crippen molar-refractivity contribution in [2.45, 2.75) is 49.8 Å². The van der Waals surface area contributed by atoms with Gasteiger partial charge in [-0.3, -0.25) is 0 Å². The molecule has 0 spiro atoms. The molecule has 8 heteroatoms. The number of nitrogens with zero attached hydrogens (tertiary/aromatic N) is 3. The molecule has 0 amide bonds. The quantitative estimate of drug-likeness (QED) is 0.820. The zero-order valence-electron chi connectivity index (χ0n) is 16.2. The van der Waals surface area contributed by atoms with Crippen molar-refractivity contribution < 1.29 is 18.6 Å². The van der Waals surface area contributed by atoms with Crippen molar-refractivity contribution in [2.24, 2.45) is 5.73 Å². The van der Waals surface area contributed by atoms with Crippen molar-refractivity contribution in [1.29, 1.82) is 0 Å². The minimum atomic E-state index is -2.96. The van der Waals surface area contributed by atoms with Crippen LogP contribution < -0.4 is 10.6 Å². The number of anilines is 1. The maximum Gasteiger partial charge on any atom is 0.290 e. The molecular weight excluding hydrogens is 378 g/mol. The Kier molecular flexibility index (Phi) is 4.17. The van der Waals surface area contributed by atoms with Crippen molar-refractivity contribution in [3.8, 4) is 11.3 Å². The van der Waals surface area contributed by atoms with Gasteiger partial charge >= 0.3 is 0 Å². The van der Waals surface area contributed by atoms with E-state index in [2.05, 4.69) is 9.97 Å². The van der Waals surface area contributed by atoms with Crippen LogP contribution in [0.3, 0.4) is 0 Å². The molecule has 5 rings (SSSR count). The van der Waals surface area contributed by atoms with Gasteiger partial charge in [0.1, 0.15) is 5.69 Å². The summed E-state index contributed by atoms with van der Waals surface area (Å²) >= 11 is 0. The third kappa shape index (κ3) is 2.93. The van der Waals surface area contributed by atoms with E-state index in [9.17, 15) is 13.9 Å². The van der Waals surface area contributed by atoms with Crippen LogP contribution in [0.1, 0.15) is 36.6 Å². The van der Waals surface area contributed by atoms with Crippen LogP contribution in [0.15, 0.2) is 24.3 Å². The highest BCUT2D eigenvalue weighted by Crippen LogP contribution is 2.45. The molecule has 2 saturated heterocycles. The Morgan fingerprint density at radius 3 is 2.59 bits per heavy atom. The predicted molar refractivity (Wildman–Crippen MR) is 104 cm³/mol. The minimum absolute atomic E-state index is 0.186. The van der Waals surface area contributed by atoms with E-state index >= 15 is 0 Å². The number of hydrogen-bond acceptors (Lipinski definition) is 6. The summed E-state index contributed by atoms with van der Waals surface area (Å²) in [6.07, 6.45) is 0.241. The first-order valence-corrected chi connectivity index (χ1v) is 10.00. The fourth-order valence-electron chi connectivity index (χ4n) is 4.40. The van der Waals surface area contributed by atoms with Crippen molar-refractivity contribution in [3.63, 3.8) is 0 Å². The normalized spacial score (nSPS) is 30.3. The molecule has 1 aromatic heterocycles. The summed E-state index contributed by atoms with van der Waals surface area (Å²) in [6, 6.07) is 7.44. The van der Waals surface area contributed by atoms with E-state index in [0.717, 1.165) is 17.5 Å². The smallest absolute Gasteiger partial charge is 0.290 e. The molecule has 1 aromatic carbocycles. The summed E-state index contributed by atoms with van der Waals surface area (Å²) < 4.78 is 34.4. The summed E-state index contributed by atoms with van der Waals surface area (Å²) in [5, 5.41) is 9.82. The summed E-state index contributed by atoms with van der Waals surface area (Å²) in [5.74, 6) is -2.71. The van der Waals surface area contributed by atoms with E-state index in [1.54, 1.807) is 4.90 Å². The molecule has 6 nitrogen and oxygen atoms in total. The number of fused-ring (bicyclic) bond motifs is 1. The lowest BCUT2D eigenvalue weighted by atomic mass is 9.89. The predicted octanol–water partition coefficient (Wildman–Crippen LogP) is 2.33. The third-order valence-corrected chi connectivity index (χ3v) is 6.51. The summed E-state index contributed by atoms with van der Waals surface area (Å²) in [6.45, 7) is 3.29. The van der Waals surface area contributed by atoms with E-state index in [0.29, 0.717) is 31.0 Å². The van der Waals surface area contributed by atoms with Gasteiger partial charge in [-0.2, -0.15) is 8.78 Å². The van der Waals surface area contributed by atoms with Crippen LogP contribution in [0.4, 0.5) is 14.7 Å². The fourth-order valence-corrected chi connectivity index (χ4v) is 4.40. The largest absolute Gasteiger partial charge is 0.389 e. The van der Waals surface area contributed by atoms with Crippen LogP contribution in [0.25, 0.3) is 11.3 Å². The number of β-amino-alcohol motifs (C(OH)–C–C–N with tert-alkyl or cyclic N) is 1. The second kappa shape index (κ2) is 6.42. The zero-order valence-corrected chi connectivity index (χ0v) is 16.2. The maximum absolute atomic E-state index is 14.5. The highest BCUT2D eigenvalue weighted by Gasteiger charge is 2.45. The minimum Gasteiger partial charge on any atom is -0.389 e. The lowest BCUT2D eigenvalue weighted by Gasteiger charge is -2.43. The van der Waals surface area contributed by atoms with Gasteiger partial charge in [-0.1, -0.05) is 24.3 Å². The number of nitrogens with two attached hydrogens (primary N) is 1. The molecular formula is C21H24F2N4O2. The van der Waals surface area contributed by atoms with Crippen LogP contribution in [0.5, 0.6) is 0 Å². The molecule has 1 unspecified atom stereocenters. The Balaban J connectivity index is 1.57. The second-order valence-corrected chi connectivity index (χ2v) is 8.40. The van der Waals surface area contributed by atoms with E-state index < -0.39 is 17.6 Å². The topological polar surface area (TPSA) is 84.5 Å². The van der Waals surface area contributed by atoms with Crippen LogP contribution in [-0.4, -0.2) is 47.0 Å². The zero-order chi connectivity index (χ0) is 20.4. The Morgan fingerprint density at radius 1 is 1.21 bits per heavy atom. The molecule has 154 valence electrons. The Bertz CT molecular complexity index is 944. The van der Waals surface area contributed by atoms with Crippen molar-refractivity contribution in [1.82, 2.24) is 9.97 Å². The average Bonchev–Trinajstić information content (AvgIpc) is 3.29. The van der Waals surface area contributed by atoms with E-state index in [-0.39, 0.29) is 30.5 Å². The number of alkyl halides is 2. The molecule has 2 aliphatic heterocycles. The van der Waals surface area contributed by atoms with Gasteiger partial charge in [-0.05, 0) is 25.3 Å². The molecule has 0 radical (unpaired) electrons. The maximum atomic E-state index is 14.5. The van der Waals surface area contributed by atoms with Gasteiger partial charge in [0.05, 0.1) is 30.0 Å². The molecule has 2 aromatic rings. The summed E-state index contributed by atoms with van der Waals surface area (Å²) in [5.41, 5.74) is 8.52. The van der Waals surface area contributed by atoms with E-state index in [1.807, 2.05) is 31.2 Å². The number of aliphatic hydroxyl groups excluding tert-OH is 1. The molecule has 3 heterocycles. The molecule has 3 atom stereocenters. The first-order chi connectivity index (χ1) is 13.8. The number of ether oxygens (including phenoxy) is 1. The molecule has 1 aliphatic carbocycles. The van der Waals surface area contributed by atoms with E-state index in [1.165, 1.54) is 0 Å². The van der Waals surface area contributed by atoms with Crippen molar-refractivity contribution in [2.75, 3.05) is 24.7 Å². The third-order valence-electron chi connectivity index (χ3n) is 6.51. The molecule has 3 N–H and O–H groups in total. The van der Waals surface area contributed by atoms with Gasteiger partial charge in [0.25, 0.3) is 5.92 Å². The average molecular weight is 402 g/mol. The Morgan fingerprint density at radius 2 is 1.97 bits per heavy atom. The number of benzene rings is 1. The van der Waals surface area contributed by atoms with Gasteiger partial charge in [0.15, 0.2) is 0 Å². The Labute approximate surface area is 167 Å². The van der Waals surface area contributed by atoms with Crippen molar-refractivity contribution in [3.05, 3.63) is 41.1 Å². The Hall–Kier alpha value is -2.16. The number of rotatable bonds is 3. The molecule has 29 heavy (non-hydrogen) atoms. The number of aromatic nitrogens is 2. The van der Waals surface area contributed by atoms with Gasteiger partial charge in [-0.15, -0.1) is 0 Å².